The molecule has 5 nitrogen and oxygen atoms in total. The summed E-state index contributed by atoms with van der Waals surface area (Å²) in [5.74, 6) is 1.51. The number of aromatic nitrogens is 1. The summed E-state index contributed by atoms with van der Waals surface area (Å²) in [6, 6.07) is 19.8. The summed E-state index contributed by atoms with van der Waals surface area (Å²) in [6.07, 6.45) is 10.8. The van der Waals surface area contributed by atoms with Crippen molar-refractivity contribution in [2.24, 2.45) is 46.3 Å². The Morgan fingerprint density at radius 3 is 2.35 bits per heavy atom. The third-order valence-corrected chi connectivity index (χ3v) is 12.8. The van der Waals surface area contributed by atoms with E-state index in [2.05, 4.69) is 45.9 Å². The zero-order valence-electron chi connectivity index (χ0n) is 25.8. The van der Waals surface area contributed by atoms with Crippen molar-refractivity contribution >= 4 is 17.5 Å². The van der Waals surface area contributed by atoms with Crippen LogP contribution in [0.3, 0.4) is 0 Å². The van der Waals surface area contributed by atoms with Gasteiger partial charge in [0, 0.05) is 16.4 Å². The highest BCUT2D eigenvalue weighted by Crippen LogP contribution is 2.74. The fraction of sp³-hybridized carbons (Fsp3) is 0.500. The normalized spacial score (nSPS) is 38.1. The monoisotopic (exact) mass is 574 g/mol. The second-order valence-corrected chi connectivity index (χ2v) is 14.9. The van der Waals surface area contributed by atoms with Crippen LogP contribution in [0, 0.1) is 46.3 Å². The number of anilines is 1. The predicted molar refractivity (Wildman–Crippen MR) is 167 cm³/mol. The highest BCUT2D eigenvalue weighted by molar-refractivity contribution is 6.22. The lowest BCUT2D eigenvalue weighted by atomic mass is 9.34. The predicted octanol–water partition coefficient (Wildman–Crippen LogP) is 8.22. The molecule has 222 valence electrons. The number of fused-ring (bicyclic) bond motifs is 1. The molecule has 1 spiro atoms. The summed E-state index contributed by atoms with van der Waals surface area (Å²) in [6.45, 7) is 9.47. The molecule has 5 heteroatoms. The fourth-order valence-electron chi connectivity index (χ4n) is 11.1. The van der Waals surface area contributed by atoms with Crippen molar-refractivity contribution in [3.05, 3.63) is 84.3 Å². The van der Waals surface area contributed by atoms with Gasteiger partial charge in [0.25, 0.3) is 0 Å². The number of amides is 2. The van der Waals surface area contributed by atoms with Crippen molar-refractivity contribution < 1.29 is 14.0 Å². The minimum Gasteiger partial charge on any atom is -0.444 e. The summed E-state index contributed by atoms with van der Waals surface area (Å²) in [7, 11) is 0. The lowest BCUT2D eigenvalue weighted by Gasteiger charge is -2.68. The number of benzene rings is 2. The Bertz CT molecular complexity index is 1620. The average Bonchev–Trinajstić information content (AvgIpc) is 3.62. The summed E-state index contributed by atoms with van der Waals surface area (Å²) in [5.41, 5.74) is 3.87. The number of carbonyl (C=O) groups is 2. The molecule has 3 saturated carbocycles. The quantitative estimate of drug-likeness (QED) is 0.233. The van der Waals surface area contributed by atoms with E-state index in [9.17, 15) is 9.59 Å². The highest BCUT2D eigenvalue weighted by atomic mass is 16.3. The second-order valence-electron chi connectivity index (χ2n) is 14.9. The van der Waals surface area contributed by atoms with Gasteiger partial charge < -0.3 is 4.42 Å². The van der Waals surface area contributed by atoms with Gasteiger partial charge in [0.05, 0.1) is 23.2 Å². The molecule has 2 heterocycles. The first-order valence-electron chi connectivity index (χ1n) is 16.4. The molecule has 1 aliphatic heterocycles. The van der Waals surface area contributed by atoms with Gasteiger partial charge in [-0.05, 0) is 85.5 Å². The molecular weight excluding hydrogens is 532 g/mol. The largest absolute Gasteiger partial charge is 0.444 e. The molecule has 8 atom stereocenters. The first-order chi connectivity index (χ1) is 20.7. The van der Waals surface area contributed by atoms with Crippen LogP contribution in [0.2, 0.25) is 0 Å². The Balaban J connectivity index is 1.21. The number of oxazole rings is 1. The van der Waals surface area contributed by atoms with Crippen LogP contribution in [-0.4, -0.2) is 16.8 Å². The van der Waals surface area contributed by atoms with E-state index in [0.717, 1.165) is 55.5 Å². The van der Waals surface area contributed by atoms with E-state index in [-0.39, 0.29) is 45.8 Å². The summed E-state index contributed by atoms with van der Waals surface area (Å²) in [4.78, 5) is 35.3. The molecule has 0 radical (unpaired) electrons. The van der Waals surface area contributed by atoms with E-state index >= 15 is 0 Å². The van der Waals surface area contributed by atoms with Crippen molar-refractivity contribution in [3.8, 4) is 11.5 Å². The Labute approximate surface area is 254 Å². The first kappa shape index (κ1) is 27.1. The maximum atomic E-state index is 14.5. The molecule has 2 aromatic carbocycles. The van der Waals surface area contributed by atoms with Gasteiger partial charge in [0.15, 0.2) is 0 Å². The van der Waals surface area contributed by atoms with Gasteiger partial charge in [-0.3, -0.25) is 14.5 Å². The van der Waals surface area contributed by atoms with Crippen LogP contribution in [0.1, 0.15) is 71.9 Å². The van der Waals surface area contributed by atoms with E-state index in [4.69, 9.17) is 9.40 Å². The number of imide groups is 1. The van der Waals surface area contributed by atoms with Crippen molar-refractivity contribution in [1.29, 1.82) is 0 Å². The molecule has 2 bridgehead atoms. The zero-order chi connectivity index (χ0) is 29.7. The van der Waals surface area contributed by atoms with E-state index in [1.165, 1.54) is 5.57 Å². The standard InChI is InChI=1S/C38H42N2O3/c1-23(2)27-21-38-19-16-28-36(3,17-11-18-37(28,4)30-22-43-33(39-30)24-12-7-5-8-13-24)29(38)20-26(27)31-32(38)35(42)40(34(31)41)25-14-9-6-10-15-25/h5-10,12-15,21-23,26,28-29,31-32H,11,16-20H2,1-4H3. The molecule has 4 fully saturated rings. The fourth-order valence-corrected chi connectivity index (χ4v) is 11.1. The van der Waals surface area contributed by atoms with Crippen LogP contribution in [0.5, 0.6) is 0 Å². The topological polar surface area (TPSA) is 63.4 Å². The van der Waals surface area contributed by atoms with Crippen LogP contribution in [-0.2, 0) is 15.0 Å². The molecule has 2 amide bonds. The lowest BCUT2D eigenvalue weighted by molar-refractivity contribution is -0.172. The molecule has 9 rings (SSSR count). The Hall–Kier alpha value is -3.47. The van der Waals surface area contributed by atoms with Gasteiger partial charge in [-0.15, -0.1) is 0 Å². The number of para-hydroxylation sites is 1. The van der Waals surface area contributed by atoms with Crippen molar-refractivity contribution in [2.75, 3.05) is 4.90 Å². The number of hydrogen-bond acceptors (Lipinski definition) is 4. The zero-order valence-corrected chi connectivity index (χ0v) is 25.8. The number of allylic oxidation sites excluding steroid dienone is 2. The molecule has 1 saturated heterocycles. The minimum absolute atomic E-state index is 0.0204. The number of carbonyl (C=O) groups excluding carboxylic acids is 2. The van der Waals surface area contributed by atoms with E-state index in [1.807, 2.05) is 54.8 Å². The Morgan fingerprint density at radius 1 is 0.907 bits per heavy atom. The molecule has 6 aliphatic rings. The minimum atomic E-state index is -0.280. The van der Waals surface area contributed by atoms with Crippen LogP contribution >= 0.6 is 0 Å². The Morgan fingerprint density at radius 2 is 1.63 bits per heavy atom. The smallest absolute Gasteiger partial charge is 0.238 e. The van der Waals surface area contributed by atoms with Gasteiger partial charge >= 0.3 is 0 Å². The summed E-state index contributed by atoms with van der Waals surface area (Å²) in [5, 5.41) is 0. The summed E-state index contributed by atoms with van der Waals surface area (Å²) >= 11 is 0. The van der Waals surface area contributed by atoms with Gasteiger partial charge in [-0.1, -0.05) is 82.2 Å². The van der Waals surface area contributed by atoms with Gasteiger partial charge in [0.2, 0.25) is 17.7 Å². The lowest BCUT2D eigenvalue weighted by Crippen LogP contribution is -2.65. The molecule has 1 aromatic heterocycles. The molecular formula is C38H42N2O3. The molecule has 43 heavy (non-hydrogen) atoms. The van der Waals surface area contributed by atoms with E-state index in [0.29, 0.717) is 23.6 Å². The van der Waals surface area contributed by atoms with Crippen LogP contribution in [0.15, 0.2) is 83.0 Å². The number of nitrogens with zero attached hydrogens (tertiary/aromatic N) is 2. The summed E-state index contributed by atoms with van der Waals surface area (Å²) < 4.78 is 6.11. The van der Waals surface area contributed by atoms with E-state index in [1.54, 1.807) is 4.90 Å². The number of rotatable bonds is 4. The van der Waals surface area contributed by atoms with Crippen molar-refractivity contribution in [3.63, 3.8) is 0 Å². The first-order valence-corrected chi connectivity index (χ1v) is 16.4. The molecule has 5 aliphatic carbocycles. The molecule has 0 N–H and O–H groups in total. The number of hydrogen-bond donors (Lipinski definition) is 0. The van der Waals surface area contributed by atoms with Crippen molar-refractivity contribution in [2.45, 2.75) is 71.6 Å². The van der Waals surface area contributed by atoms with Gasteiger partial charge in [-0.2, -0.15) is 0 Å². The average molecular weight is 575 g/mol. The van der Waals surface area contributed by atoms with Crippen LogP contribution < -0.4 is 4.90 Å². The van der Waals surface area contributed by atoms with Gasteiger partial charge in [0.1, 0.15) is 6.26 Å². The maximum Gasteiger partial charge on any atom is 0.238 e. The molecule has 8 unspecified atom stereocenters. The SMILES string of the molecule is CC(C)C1=CC23CCC4C(C)(c5coc(-c6ccccc6)n5)CCCC4(C)C2CC1C1C(=O)N(c2ccccc2)C(=O)C13. The van der Waals surface area contributed by atoms with Crippen LogP contribution in [0.25, 0.3) is 11.5 Å². The third kappa shape index (κ3) is 3.54. The second kappa shape index (κ2) is 9.27. The third-order valence-electron chi connectivity index (χ3n) is 12.8. The van der Waals surface area contributed by atoms with Crippen molar-refractivity contribution in [1.82, 2.24) is 4.98 Å². The van der Waals surface area contributed by atoms with Gasteiger partial charge in [-0.25, -0.2) is 4.98 Å². The van der Waals surface area contributed by atoms with Crippen LogP contribution in [0.4, 0.5) is 5.69 Å². The maximum absolute atomic E-state index is 14.5. The molecule has 3 aromatic rings. The highest BCUT2D eigenvalue weighted by Gasteiger charge is 2.73. The Kier molecular flexibility index (Phi) is 5.84. The van der Waals surface area contributed by atoms with E-state index < -0.39 is 0 Å².